The number of anilines is 1. The van der Waals surface area contributed by atoms with Gasteiger partial charge in [-0.15, -0.1) is 0 Å². The van der Waals surface area contributed by atoms with Gasteiger partial charge in [-0.25, -0.2) is 4.39 Å². The molecule has 0 amide bonds. The van der Waals surface area contributed by atoms with Crippen LogP contribution in [0.15, 0.2) is 15.0 Å². The lowest BCUT2D eigenvalue weighted by atomic mass is 9.97. The molecule has 0 bridgehead atoms. The second-order valence-corrected chi connectivity index (χ2v) is 5.74. The fourth-order valence-electron chi connectivity index (χ4n) is 1.98. The summed E-state index contributed by atoms with van der Waals surface area (Å²) in [6.45, 7) is 2.12. The summed E-state index contributed by atoms with van der Waals surface area (Å²) in [6.07, 6.45) is 1.86. The molecular formula is C11H10Br2FNS. The first kappa shape index (κ1) is 12.5. The first-order valence-electron chi connectivity index (χ1n) is 4.96. The van der Waals surface area contributed by atoms with Gasteiger partial charge >= 0.3 is 0 Å². The van der Waals surface area contributed by atoms with Gasteiger partial charge in [-0.05, 0) is 63.3 Å². The summed E-state index contributed by atoms with van der Waals surface area (Å²) in [5.41, 5.74) is 3.63. The van der Waals surface area contributed by atoms with Gasteiger partial charge in [0, 0.05) is 11.7 Å². The number of hydrogen-bond donors (Lipinski definition) is 0. The molecule has 0 N–H and O–H groups in total. The Morgan fingerprint density at radius 3 is 2.88 bits per heavy atom. The van der Waals surface area contributed by atoms with Crippen LogP contribution in [-0.2, 0) is 6.42 Å². The largest absolute Gasteiger partial charge is 0.335 e. The van der Waals surface area contributed by atoms with Crippen molar-refractivity contribution in [3.63, 3.8) is 0 Å². The van der Waals surface area contributed by atoms with E-state index in [2.05, 4.69) is 38.8 Å². The smallest absolute Gasteiger partial charge is 0.151 e. The molecule has 0 spiro atoms. The van der Waals surface area contributed by atoms with Gasteiger partial charge in [0.1, 0.15) is 0 Å². The third-order valence-corrected chi connectivity index (χ3v) is 4.55. The second-order valence-electron chi connectivity index (χ2n) is 3.88. The van der Waals surface area contributed by atoms with Gasteiger partial charge in [0.05, 0.1) is 14.4 Å². The second kappa shape index (κ2) is 4.70. The van der Waals surface area contributed by atoms with Crippen molar-refractivity contribution in [3.8, 4) is 0 Å². The maximum Gasteiger partial charge on any atom is 0.151 e. The van der Waals surface area contributed by atoms with Crippen LogP contribution in [0, 0.1) is 5.82 Å². The van der Waals surface area contributed by atoms with Crippen molar-refractivity contribution in [2.45, 2.75) is 25.8 Å². The summed E-state index contributed by atoms with van der Waals surface area (Å²) in [6, 6.07) is 2.17. The van der Waals surface area contributed by atoms with Crippen LogP contribution in [0.1, 0.15) is 18.9 Å². The van der Waals surface area contributed by atoms with Gasteiger partial charge in [0.15, 0.2) is 5.82 Å². The zero-order valence-electron chi connectivity index (χ0n) is 8.64. The Balaban J connectivity index is 2.63. The minimum Gasteiger partial charge on any atom is -0.335 e. The van der Waals surface area contributed by atoms with E-state index < -0.39 is 0 Å². The molecule has 1 aromatic rings. The van der Waals surface area contributed by atoms with Crippen LogP contribution in [0.5, 0.6) is 0 Å². The molecule has 86 valence electrons. The predicted octanol–water partition coefficient (Wildman–Crippen LogP) is 4.45. The molecule has 1 aromatic carbocycles. The third-order valence-electron chi connectivity index (χ3n) is 2.92. The van der Waals surface area contributed by atoms with Crippen LogP contribution in [-0.4, -0.2) is 11.5 Å². The van der Waals surface area contributed by atoms with Crippen LogP contribution in [0.25, 0.3) is 0 Å². The van der Waals surface area contributed by atoms with Gasteiger partial charge < -0.3 is 4.90 Å². The van der Waals surface area contributed by atoms with Crippen molar-refractivity contribution < 1.29 is 4.39 Å². The van der Waals surface area contributed by atoms with E-state index in [0.717, 1.165) is 24.1 Å². The van der Waals surface area contributed by atoms with Crippen molar-refractivity contribution in [3.05, 3.63) is 26.4 Å². The number of halogens is 3. The van der Waals surface area contributed by atoms with E-state index in [-0.39, 0.29) is 5.82 Å². The molecule has 1 aliphatic rings. The highest BCUT2D eigenvalue weighted by atomic mass is 79.9. The van der Waals surface area contributed by atoms with Crippen LogP contribution in [0.3, 0.4) is 0 Å². The first-order valence-corrected chi connectivity index (χ1v) is 7.02. The number of thiocarbonyl (C=S) groups is 1. The van der Waals surface area contributed by atoms with Crippen molar-refractivity contribution in [1.82, 2.24) is 0 Å². The van der Waals surface area contributed by atoms with Crippen LogP contribution in [0.4, 0.5) is 10.1 Å². The standard InChI is InChI=1S/C11H10Br2FNS/c1-6-2-3-7-9(15(6)5-16)4-8(12)11(14)10(7)13/h4-6H,2-3H2,1H3/t6-/m0/s1. The lowest BCUT2D eigenvalue weighted by Crippen LogP contribution is -2.35. The Morgan fingerprint density at radius 2 is 2.25 bits per heavy atom. The Labute approximate surface area is 116 Å². The van der Waals surface area contributed by atoms with E-state index in [4.69, 9.17) is 12.2 Å². The lowest BCUT2D eigenvalue weighted by molar-refractivity contribution is 0.594. The Kier molecular flexibility index (Phi) is 3.66. The Bertz CT molecular complexity index is 450. The Morgan fingerprint density at radius 1 is 1.56 bits per heavy atom. The van der Waals surface area contributed by atoms with E-state index in [0.29, 0.717) is 15.0 Å². The molecule has 5 heteroatoms. The molecule has 1 atom stereocenters. The highest BCUT2D eigenvalue weighted by molar-refractivity contribution is 9.11. The van der Waals surface area contributed by atoms with E-state index in [1.54, 1.807) is 11.6 Å². The minimum atomic E-state index is -0.238. The first-order chi connectivity index (χ1) is 7.56. The average molecular weight is 367 g/mol. The zero-order valence-corrected chi connectivity index (χ0v) is 12.6. The van der Waals surface area contributed by atoms with Crippen molar-refractivity contribution >= 4 is 55.3 Å². The fraction of sp³-hybridized carbons (Fsp3) is 0.364. The van der Waals surface area contributed by atoms with Crippen molar-refractivity contribution in [1.29, 1.82) is 0 Å². The quantitative estimate of drug-likeness (QED) is 0.533. The fourth-order valence-corrected chi connectivity index (χ4v) is 3.60. The predicted molar refractivity (Wildman–Crippen MR) is 75.7 cm³/mol. The minimum absolute atomic E-state index is 0.238. The molecule has 0 aliphatic carbocycles. The van der Waals surface area contributed by atoms with Crippen LogP contribution < -0.4 is 4.90 Å². The number of nitrogens with zero attached hydrogens (tertiary/aromatic N) is 1. The molecule has 0 aromatic heterocycles. The highest BCUT2D eigenvalue weighted by Crippen LogP contribution is 2.39. The molecule has 1 heterocycles. The number of benzene rings is 1. The van der Waals surface area contributed by atoms with E-state index in [9.17, 15) is 4.39 Å². The van der Waals surface area contributed by atoms with Crippen LogP contribution >= 0.6 is 44.1 Å². The summed E-state index contributed by atoms with van der Waals surface area (Å²) in [4.78, 5) is 2.02. The SMILES string of the molecule is C[C@H]1CCc2c(cc(Br)c(F)c2Br)N1C=S. The molecule has 1 nitrogen and oxygen atoms in total. The summed E-state index contributed by atoms with van der Waals surface area (Å²) in [5, 5.41) is 0. The van der Waals surface area contributed by atoms with Crippen LogP contribution in [0.2, 0.25) is 0 Å². The van der Waals surface area contributed by atoms with Gasteiger partial charge in [-0.2, -0.15) is 0 Å². The van der Waals surface area contributed by atoms with Gasteiger partial charge in [-0.1, -0.05) is 12.2 Å². The topological polar surface area (TPSA) is 3.24 Å². The monoisotopic (exact) mass is 365 g/mol. The number of fused-ring (bicyclic) bond motifs is 1. The van der Waals surface area contributed by atoms with E-state index in [1.165, 1.54) is 0 Å². The third kappa shape index (κ3) is 1.93. The zero-order chi connectivity index (χ0) is 11.9. The highest BCUT2D eigenvalue weighted by Gasteiger charge is 2.26. The summed E-state index contributed by atoms with van der Waals surface area (Å²) >= 11 is 11.6. The maximum atomic E-state index is 13.7. The normalized spacial score (nSPS) is 19.5. The molecule has 0 fully saturated rings. The molecule has 0 unspecified atom stereocenters. The van der Waals surface area contributed by atoms with Gasteiger partial charge in [-0.3, -0.25) is 0 Å². The van der Waals surface area contributed by atoms with E-state index >= 15 is 0 Å². The summed E-state index contributed by atoms with van der Waals surface area (Å²) < 4.78 is 14.7. The summed E-state index contributed by atoms with van der Waals surface area (Å²) in [7, 11) is 0. The Hall–Kier alpha value is -0.0000000000000000833. The summed E-state index contributed by atoms with van der Waals surface area (Å²) in [5.74, 6) is -0.238. The molecule has 2 rings (SSSR count). The van der Waals surface area contributed by atoms with Gasteiger partial charge in [0.2, 0.25) is 0 Å². The molecule has 1 aliphatic heterocycles. The molecule has 16 heavy (non-hydrogen) atoms. The van der Waals surface area contributed by atoms with Gasteiger partial charge in [0.25, 0.3) is 0 Å². The number of rotatable bonds is 1. The average Bonchev–Trinajstić information content (AvgIpc) is 2.26. The molecule has 0 saturated heterocycles. The van der Waals surface area contributed by atoms with E-state index in [1.807, 2.05) is 4.90 Å². The lowest BCUT2D eigenvalue weighted by Gasteiger charge is -2.34. The maximum absolute atomic E-state index is 13.7. The molecular weight excluding hydrogens is 357 g/mol. The van der Waals surface area contributed by atoms with Crippen molar-refractivity contribution in [2.24, 2.45) is 0 Å². The molecule has 0 saturated carbocycles. The number of hydrogen-bond acceptors (Lipinski definition) is 1. The van der Waals surface area contributed by atoms with Crippen molar-refractivity contribution in [2.75, 3.05) is 4.90 Å². The molecule has 0 radical (unpaired) electrons.